The van der Waals surface area contributed by atoms with Gasteiger partial charge in [0, 0.05) is 32.7 Å². The van der Waals surface area contributed by atoms with Gasteiger partial charge in [-0.15, -0.1) is 0 Å². The van der Waals surface area contributed by atoms with E-state index >= 15 is 0 Å². The SMILES string of the molecule is O=C(c1ccco1)N1CCN(C[C@@H](O)COC(c2ccc(F)cc2)c2ccc(F)cc2)CC1. The summed E-state index contributed by atoms with van der Waals surface area (Å²) in [5.41, 5.74) is 1.42. The molecule has 4 rings (SSSR count). The molecule has 33 heavy (non-hydrogen) atoms. The van der Waals surface area contributed by atoms with Gasteiger partial charge in [-0.3, -0.25) is 9.69 Å². The molecule has 1 amide bonds. The number of nitrogens with zero attached hydrogens (tertiary/aromatic N) is 2. The van der Waals surface area contributed by atoms with Gasteiger partial charge in [-0.1, -0.05) is 24.3 Å². The Morgan fingerprint density at radius 1 is 0.939 bits per heavy atom. The first-order chi connectivity index (χ1) is 16.0. The molecule has 2 heterocycles. The van der Waals surface area contributed by atoms with E-state index in [0.717, 1.165) is 0 Å². The van der Waals surface area contributed by atoms with Gasteiger partial charge in [-0.2, -0.15) is 0 Å². The molecule has 1 aliphatic rings. The normalized spacial score (nSPS) is 15.7. The molecular formula is C25H26F2N2O4. The fourth-order valence-corrected chi connectivity index (χ4v) is 3.91. The molecule has 1 aromatic heterocycles. The summed E-state index contributed by atoms with van der Waals surface area (Å²) in [5.74, 6) is -0.530. The van der Waals surface area contributed by atoms with Crippen LogP contribution < -0.4 is 0 Å². The van der Waals surface area contributed by atoms with Gasteiger partial charge in [0.15, 0.2) is 5.76 Å². The smallest absolute Gasteiger partial charge is 0.289 e. The standard InChI is InChI=1S/C25H26F2N2O4/c26-20-7-3-18(4-8-20)24(19-5-9-21(27)10-6-19)33-17-22(30)16-28-11-13-29(14-12-28)25(31)23-2-1-15-32-23/h1-10,15,22,24,30H,11-14,16-17H2/t22-/m1/s1. The van der Waals surface area contributed by atoms with Gasteiger partial charge in [-0.05, 0) is 47.5 Å². The lowest BCUT2D eigenvalue weighted by atomic mass is 10.0. The van der Waals surface area contributed by atoms with Crippen LogP contribution in [0.5, 0.6) is 0 Å². The number of piperazine rings is 1. The third kappa shape index (κ3) is 6.04. The third-order valence-corrected chi connectivity index (χ3v) is 5.66. The first kappa shape index (κ1) is 23.1. The summed E-state index contributed by atoms with van der Waals surface area (Å²) in [4.78, 5) is 16.2. The summed E-state index contributed by atoms with van der Waals surface area (Å²) >= 11 is 0. The van der Waals surface area contributed by atoms with Gasteiger partial charge in [0.2, 0.25) is 0 Å². The molecule has 3 aromatic rings. The molecule has 0 radical (unpaired) electrons. The Balaban J connectivity index is 1.31. The second-order valence-electron chi connectivity index (χ2n) is 8.04. The van der Waals surface area contributed by atoms with Gasteiger partial charge in [0.05, 0.1) is 19.0 Å². The highest BCUT2D eigenvalue weighted by atomic mass is 19.1. The van der Waals surface area contributed by atoms with E-state index in [4.69, 9.17) is 9.15 Å². The maximum atomic E-state index is 13.4. The van der Waals surface area contributed by atoms with E-state index in [2.05, 4.69) is 4.90 Å². The number of ether oxygens (including phenoxy) is 1. The molecule has 8 heteroatoms. The van der Waals surface area contributed by atoms with Crippen LogP contribution in [0.2, 0.25) is 0 Å². The van der Waals surface area contributed by atoms with Crippen molar-refractivity contribution in [1.82, 2.24) is 9.80 Å². The minimum absolute atomic E-state index is 0.0466. The summed E-state index contributed by atoms with van der Waals surface area (Å²) in [5, 5.41) is 10.6. The van der Waals surface area contributed by atoms with E-state index in [9.17, 15) is 18.7 Å². The highest BCUT2D eigenvalue weighted by Gasteiger charge is 2.25. The molecule has 1 aliphatic heterocycles. The number of carbonyl (C=O) groups is 1. The van der Waals surface area contributed by atoms with E-state index in [1.165, 1.54) is 30.5 Å². The number of aliphatic hydroxyl groups excluding tert-OH is 1. The van der Waals surface area contributed by atoms with Crippen molar-refractivity contribution >= 4 is 5.91 Å². The number of amides is 1. The van der Waals surface area contributed by atoms with Crippen molar-refractivity contribution in [2.24, 2.45) is 0 Å². The van der Waals surface area contributed by atoms with Crippen LogP contribution in [0.4, 0.5) is 8.78 Å². The lowest BCUT2D eigenvalue weighted by Crippen LogP contribution is -2.50. The van der Waals surface area contributed by atoms with Crippen molar-refractivity contribution in [2.45, 2.75) is 12.2 Å². The van der Waals surface area contributed by atoms with E-state index in [1.54, 1.807) is 41.3 Å². The predicted octanol–water partition coefficient (Wildman–Crippen LogP) is 3.48. The van der Waals surface area contributed by atoms with Crippen molar-refractivity contribution in [3.05, 3.63) is 95.4 Å². The molecule has 1 fully saturated rings. The minimum Gasteiger partial charge on any atom is -0.459 e. The zero-order valence-electron chi connectivity index (χ0n) is 18.1. The number of hydrogen-bond donors (Lipinski definition) is 1. The van der Waals surface area contributed by atoms with Crippen molar-refractivity contribution in [3.63, 3.8) is 0 Å². The molecule has 0 saturated carbocycles. The van der Waals surface area contributed by atoms with Gasteiger partial charge in [0.25, 0.3) is 5.91 Å². The van der Waals surface area contributed by atoms with Crippen LogP contribution in [0.25, 0.3) is 0 Å². The van der Waals surface area contributed by atoms with E-state index in [1.807, 2.05) is 0 Å². The molecule has 0 unspecified atom stereocenters. The van der Waals surface area contributed by atoms with Crippen LogP contribution in [0.15, 0.2) is 71.3 Å². The summed E-state index contributed by atoms with van der Waals surface area (Å²) in [7, 11) is 0. The first-order valence-corrected chi connectivity index (χ1v) is 10.9. The van der Waals surface area contributed by atoms with Gasteiger partial charge in [0.1, 0.15) is 17.7 Å². The highest BCUT2D eigenvalue weighted by Crippen LogP contribution is 2.27. The van der Waals surface area contributed by atoms with Crippen LogP contribution >= 0.6 is 0 Å². The molecule has 174 valence electrons. The zero-order valence-corrected chi connectivity index (χ0v) is 18.1. The summed E-state index contributed by atoms with van der Waals surface area (Å²) in [6.45, 7) is 2.78. The van der Waals surface area contributed by atoms with E-state index in [-0.39, 0.29) is 24.1 Å². The number of β-amino-alcohol motifs (C(OH)–C–C–N with tert-alkyl or cyclic N) is 1. The topological polar surface area (TPSA) is 66.2 Å². The molecule has 1 saturated heterocycles. The Kier molecular flexibility index (Phi) is 7.49. The molecule has 2 aromatic carbocycles. The van der Waals surface area contributed by atoms with Crippen LogP contribution in [0.3, 0.4) is 0 Å². The van der Waals surface area contributed by atoms with Gasteiger partial charge < -0.3 is 19.2 Å². The van der Waals surface area contributed by atoms with Crippen LogP contribution in [0, 0.1) is 11.6 Å². The second-order valence-corrected chi connectivity index (χ2v) is 8.04. The van der Waals surface area contributed by atoms with Crippen LogP contribution in [0.1, 0.15) is 27.8 Å². The van der Waals surface area contributed by atoms with Crippen molar-refractivity contribution in [1.29, 1.82) is 0 Å². The number of rotatable bonds is 8. The van der Waals surface area contributed by atoms with E-state index in [0.29, 0.717) is 49.6 Å². The third-order valence-electron chi connectivity index (χ3n) is 5.66. The highest BCUT2D eigenvalue weighted by molar-refractivity contribution is 5.91. The summed E-state index contributed by atoms with van der Waals surface area (Å²) in [6, 6.07) is 15.2. The fraction of sp³-hybridized carbons (Fsp3) is 0.320. The zero-order chi connectivity index (χ0) is 23.2. The lowest BCUT2D eigenvalue weighted by Gasteiger charge is -2.35. The number of furan rings is 1. The molecule has 6 nitrogen and oxygen atoms in total. The Bertz CT molecular complexity index is 972. The van der Waals surface area contributed by atoms with Crippen molar-refractivity contribution in [2.75, 3.05) is 39.3 Å². The number of hydrogen-bond acceptors (Lipinski definition) is 5. The number of carbonyl (C=O) groups excluding carboxylic acids is 1. The fourth-order valence-electron chi connectivity index (χ4n) is 3.91. The van der Waals surface area contributed by atoms with Crippen molar-refractivity contribution < 1.29 is 27.8 Å². The molecule has 1 atom stereocenters. The Hall–Kier alpha value is -3.07. The maximum absolute atomic E-state index is 13.4. The molecular weight excluding hydrogens is 430 g/mol. The molecule has 1 N–H and O–H groups in total. The summed E-state index contributed by atoms with van der Waals surface area (Å²) in [6.07, 6.45) is 0.148. The number of aliphatic hydroxyl groups is 1. The molecule has 0 spiro atoms. The van der Waals surface area contributed by atoms with Crippen LogP contribution in [-0.2, 0) is 4.74 Å². The monoisotopic (exact) mass is 456 g/mol. The van der Waals surface area contributed by atoms with Gasteiger partial charge in [-0.25, -0.2) is 8.78 Å². The quantitative estimate of drug-likeness (QED) is 0.562. The van der Waals surface area contributed by atoms with E-state index < -0.39 is 12.2 Å². The largest absolute Gasteiger partial charge is 0.459 e. The Morgan fingerprint density at radius 2 is 1.52 bits per heavy atom. The average molecular weight is 456 g/mol. The number of halogens is 2. The Labute approximate surface area is 191 Å². The Morgan fingerprint density at radius 3 is 2.03 bits per heavy atom. The predicted molar refractivity (Wildman–Crippen MR) is 118 cm³/mol. The summed E-state index contributed by atoms with van der Waals surface area (Å²) < 4.78 is 37.9. The maximum Gasteiger partial charge on any atom is 0.289 e. The number of benzene rings is 2. The molecule has 0 bridgehead atoms. The van der Waals surface area contributed by atoms with Gasteiger partial charge >= 0.3 is 0 Å². The van der Waals surface area contributed by atoms with Crippen molar-refractivity contribution in [3.8, 4) is 0 Å². The second kappa shape index (κ2) is 10.7. The molecule has 0 aliphatic carbocycles. The van der Waals surface area contributed by atoms with Crippen LogP contribution in [-0.4, -0.2) is 66.2 Å². The average Bonchev–Trinajstić information content (AvgIpc) is 3.36. The lowest BCUT2D eigenvalue weighted by molar-refractivity contribution is -0.0138. The first-order valence-electron chi connectivity index (χ1n) is 10.9. The minimum atomic E-state index is -0.763.